The molecule has 6 heteroatoms. The van der Waals surface area contributed by atoms with Crippen molar-refractivity contribution in [2.45, 2.75) is 13.0 Å². The highest BCUT2D eigenvalue weighted by atomic mass is 79.9. The first-order chi connectivity index (χ1) is 15.5. The summed E-state index contributed by atoms with van der Waals surface area (Å²) in [6, 6.07) is 21.4. The SMILES string of the molecule is Cc1ccccc1N1C(=O)C(=O)/C(=C(/O)c2ccc(Br)cc2)C1c1c[nH]c2ccccc12. The van der Waals surface area contributed by atoms with Crippen molar-refractivity contribution in [1.29, 1.82) is 0 Å². The maximum atomic E-state index is 13.3. The van der Waals surface area contributed by atoms with Gasteiger partial charge in [-0.1, -0.05) is 64.5 Å². The number of hydrogen-bond acceptors (Lipinski definition) is 3. The van der Waals surface area contributed by atoms with E-state index >= 15 is 0 Å². The third-order valence-corrected chi connectivity index (χ3v) is 6.38. The Morgan fingerprint density at radius 1 is 0.969 bits per heavy atom. The molecule has 1 atom stereocenters. The third kappa shape index (κ3) is 3.15. The molecule has 0 aliphatic carbocycles. The standard InChI is InChI=1S/C26H19BrN2O3/c1-15-6-2-5-9-21(15)29-23(19-14-28-20-8-4-3-7-18(19)20)22(25(31)26(29)32)24(30)16-10-12-17(27)13-11-16/h2-14,23,28,30H,1H3/b24-22+. The number of carbonyl (C=O) groups excluding carboxylic acids is 2. The maximum absolute atomic E-state index is 13.3. The molecule has 1 aliphatic rings. The molecule has 2 heterocycles. The number of carbonyl (C=O) groups is 2. The molecule has 1 saturated heterocycles. The maximum Gasteiger partial charge on any atom is 0.300 e. The smallest absolute Gasteiger partial charge is 0.300 e. The second kappa shape index (κ2) is 7.80. The number of hydrogen-bond donors (Lipinski definition) is 2. The Labute approximate surface area is 193 Å². The quantitative estimate of drug-likeness (QED) is 0.216. The number of aliphatic hydroxyl groups is 1. The van der Waals surface area contributed by atoms with E-state index in [2.05, 4.69) is 20.9 Å². The van der Waals surface area contributed by atoms with E-state index in [0.29, 0.717) is 11.3 Å². The predicted octanol–water partition coefficient (Wildman–Crippen LogP) is 5.87. The van der Waals surface area contributed by atoms with Crippen molar-refractivity contribution in [3.63, 3.8) is 0 Å². The van der Waals surface area contributed by atoms with Crippen LogP contribution in [0.15, 0.2) is 89.0 Å². The van der Waals surface area contributed by atoms with Crippen LogP contribution in [0.4, 0.5) is 5.69 Å². The molecule has 4 aromatic rings. The number of halogens is 1. The van der Waals surface area contributed by atoms with Gasteiger partial charge in [-0.25, -0.2) is 0 Å². The van der Waals surface area contributed by atoms with Gasteiger partial charge in [-0.05, 0) is 36.8 Å². The highest BCUT2D eigenvalue weighted by molar-refractivity contribution is 9.10. The van der Waals surface area contributed by atoms with Gasteiger partial charge in [0.25, 0.3) is 11.7 Å². The first-order valence-electron chi connectivity index (χ1n) is 10.2. The summed E-state index contributed by atoms with van der Waals surface area (Å²) >= 11 is 3.39. The first-order valence-corrected chi connectivity index (χ1v) is 11.0. The number of fused-ring (bicyclic) bond motifs is 1. The first kappa shape index (κ1) is 20.3. The fraction of sp³-hybridized carbons (Fsp3) is 0.0769. The number of amides is 1. The topological polar surface area (TPSA) is 73.4 Å². The molecule has 2 N–H and O–H groups in total. The molecule has 0 radical (unpaired) electrons. The van der Waals surface area contributed by atoms with Gasteiger partial charge in [0.1, 0.15) is 5.76 Å². The van der Waals surface area contributed by atoms with Gasteiger partial charge in [-0.15, -0.1) is 0 Å². The van der Waals surface area contributed by atoms with E-state index < -0.39 is 17.7 Å². The van der Waals surface area contributed by atoms with Crippen LogP contribution in [-0.2, 0) is 9.59 Å². The number of Topliss-reactive ketones (excluding diaryl/α,β-unsaturated/α-hetero) is 1. The number of anilines is 1. The molecule has 3 aromatic carbocycles. The van der Waals surface area contributed by atoms with E-state index in [1.807, 2.05) is 55.5 Å². The van der Waals surface area contributed by atoms with Crippen LogP contribution in [0.5, 0.6) is 0 Å². The normalized spacial score (nSPS) is 17.9. The van der Waals surface area contributed by atoms with E-state index in [9.17, 15) is 14.7 Å². The molecule has 1 aromatic heterocycles. The molecule has 0 spiro atoms. The zero-order valence-electron chi connectivity index (χ0n) is 17.2. The lowest BCUT2D eigenvalue weighted by Crippen LogP contribution is -2.30. The van der Waals surface area contributed by atoms with Crippen LogP contribution in [0.1, 0.15) is 22.7 Å². The molecule has 0 bridgehead atoms. The number of H-pyrrole nitrogens is 1. The highest BCUT2D eigenvalue weighted by Crippen LogP contribution is 2.44. The number of ketones is 1. The van der Waals surface area contributed by atoms with Crippen molar-refractivity contribution in [3.8, 4) is 0 Å². The van der Waals surface area contributed by atoms with Crippen molar-refractivity contribution in [1.82, 2.24) is 4.98 Å². The van der Waals surface area contributed by atoms with Crippen LogP contribution in [0, 0.1) is 6.92 Å². The van der Waals surface area contributed by atoms with Crippen LogP contribution in [-0.4, -0.2) is 21.8 Å². The van der Waals surface area contributed by atoms with Crippen molar-refractivity contribution in [2.24, 2.45) is 0 Å². The second-order valence-corrected chi connectivity index (χ2v) is 8.67. The summed E-state index contributed by atoms with van der Waals surface area (Å²) < 4.78 is 0.850. The largest absolute Gasteiger partial charge is 0.507 e. The van der Waals surface area contributed by atoms with Gasteiger partial charge in [-0.2, -0.15) is 0 Å². The summed E-state index contributed by atoms with van der Waals surface area (Å²) in [5.74, 6) is -1.56. The van der Waals surface area contributed by atoms with E-state index in [0.717, 1.165) is 26.5 Å². The van der Waals surface area contributed by atoms with Gasteiger partial charge >= 0.3 is 0 Å². The molecular formula is C26H19BrN2O3. The Morgan fingerprint density at radius 3 is 2.41 bits per heavy atom. The van der Waals surface area contributed by atoms with Gasteiger partial charge in [0.05, 0.1) is 11.6 Å². The van der Waals surface area contributed by atoms with Crippen LogP contribution in [0.3, 0.4) is 0 Å². The summed E-state index contributed by atoms with van der Waals surface area (Å²) in [5.41, 5.74) is 3.69. The third-order valence-electron chi connectivity index (χ3n) is 5.85. The molecule has 5 nitrogen and oxygen atoms in total. The molecule has 1 unspecified atom stereocenters. The number of para-hydroxylation sites is 2. The van der Waals surface area contributed by atoms with Crippen LogP contribution in [0.2, 0.25) is 0 Å². The zero-order valence-corrected chi connectivity index (χ0v) is 18.8. The summed E-state index contributed by atoms with van der Waals surface area (Å²) in [7, 11) is 0. The Kier molecular flexibility index (Phi) is 4.94. The van der Waals surface area contributed by atoms with E-state index in [4.69, 9.17) is 0 Å². The average Bonchev–Trinajstić information content (AvgIpc) is 3.33. The summed E-state index contributed by atoms with van der Waals surface area (Å²) in [4.78, 5) is 31.3. The number of benzene rings is 3. The Bertz CT molecular complexity index is 1400. The molecule has 1 fully saturated rings. The van der Waals surface area contributed by atoms with Crippen LogP contribution >= 0.6 is 15.9 Å². The number of rotatable bonds is 3. The molecule has 1 amide bonds. The minimum absolute atomic E-state index is 0.0744. The lowest BCUT2D eigenvalue weighted by molar-refractivity contribution is -0.132. The molecule has 158 valence electrons. The highest BCUT2D eigenvalue weighted by Gasteiger charge is 2.48. The van der Waals surface area contributed by atoms with Gasteiger partial charge in [0, 0.05) is 38.4 Å². The number of aryl methyl sites for hydroxylation is 1. The molecule has 1 aliphatic heterocycles. The number of aliphatic hydroxyl groups excluding tert-OH is 1. The minimum atomic E-state index is -0.768. The molecule has 32 heavy (non-hydrogen) atoms. The molecule has 5 rings (SSSR count). The Hall–Kier alpha value is -3.64. The Morgan fingerprint density at radius 2 is 1.66 bits per heavy atom. The summed E-state index contributed by atoms with van der Waals surface area (Å²) in [5, 5.41) is 12.1. The van der Waals surface area contributed by atoms with Crippen LogP contribution < -0.4 is 4.90 Å². The van der Waals surface area contributed by atoms with Gasteiger partial charge < -0.3 is 10.1 Å². The predicted molar refractivity (Wildman–Crippen MR) is 128 cm³/mol. The van der Waals surface area contributed by atoms with E-state index in [1.165, 1.54) is 4.90 Å². The number of aromatic amines is 1. The van der Waals surface area contributed by atoms with Crippen LogP contribution in [0.25, 0.3) is 16.7 Å². The number of nitrogens with one attached hydrogen (secondary N) is 1. The summed E-state index contributed by atoms with van der Waals surface area (Å²) in [6.45, 7) is 1.90. The summed E-state index contributed by atoms with van der Waals surface area (Å²) in [6.07, 6.45) is 1.81. The van der Waals surface area contributed by atoms with Crippen molar-refractivity contribution < 1.29 is 14.7 Å². The van der Waals surface area contributed by atoms with Crippen molar-refractivity contribution >= 4 is 50.0 Å². The van der Waals surface area contributed by atoms with Crippen molar-refractivity contribution in [3.05, 3.63) is 106 Å². The second-order valence-electron chi connectivity index (χ2n) is 7.75. The number of aromatic nitrogens is 1. The number of nitrogens with zero attached hydrogens (tertiary/aromatic N) is 1. The van der Waals surface area contributed by atoms with Gasteiger partial charge in [-0.3, -0.25) is 14.5 Å². The lowest BCUT2D eigenvalue weighted by Gasteiger charge is -2.26. The average molecular weight is 487 g/mol. The van der Waals surface area contributed by atoms with E-state index in [-0.39, 0.29) is 11.3 Å². The molecule has 0 saturated carbocycles. The van der Waals surface area contributed by atoms with Crippen molar-refractivity contribution in [2.75, 3.05) is 4.90 Å². The van der Waals surface area contributed by atoms with Gasteiger partial charge in [0.15, 0.2) is 0 Å². The Balaban J connectivity index is 1.80. The fourth-order valence-electron chi connectivity index (χ4n) is 4.29. The van der Waals surface area contributed by atoms with E-state index in [1.54, 1.807) is 30.5 Å². The zero-order chi connectivity index (χ0) is 22.4. The fourth-order valence-corrected chi connectivity index (χ4v) is 4.56. The minimum Gasteiger partial charge on any atom is -0.507 e. The monoisotopic (exact) mass is 486 g/mol. The molecular weight excluding hydrogens is 468 g/mol. The lowest BCUT2D eigenvalue weighted by atomic mass is 9.94. The van der Waals surface area contributed by atoms with Gasteiger partial charge in [0.2, 0.25) is 0 Å².